The van der Waals surface area contributed by atoms with Gasteiger partial charge in [-0.2, -0.15) is 14.6 Å². The maximum Gasteiger partial charge on any atom is 0.228 e. The van der Waals surface area contributed by atoms with Gasteiger partial charge in [-0.3, -0.25) is 10.00 Å². The largest absolute Gasteiger partial charge is 0.461 e. The molecular formula is C22H21F2N9O. The topological polar surface area (TPSA) is 103 Å². The molecule has 34 heavy (non-hydrogen) atoms. The van der Waals surface area contributed by atoms with E-state index in [0.717, 1.165) is 31.1 Å². The molecule has 0 amide bonds. The van der Waals surface area contributed by atoms with Crippen LogP contribution in [0.15, 0.2) is 47.2 Å². The first-order chi connectivity index (χ1) is 16.7. The Hall–Kier alpha value is -4.06. The summed E-state index contributed by atoms with van der Waals surface area (Å²) < 4.78 is 34.4. The number of hydrogen-bond donors (Lipinski definition) is 2. The Labute approximate surface area is 192 Å². The molecule has 0 radical (unpaired) electrons. The van der Waals surface area contributed by atoms with Gasteiger partial charge in [-0.15, -0.1) is 5.10 Å². The fraction of sp³-hybridized carbons (Fsp3) is 0.273. The average Bonchev–Trinajstić information content (AvgIpc) is 3.59. The van der Waals surface area contributed by atoms with Crippen molar-refractivity contribution in [3.63, 3.8) is 0 Å². The second-order valence-electron chi connectivity index (χ2n) is 8.07. The molecule has 0 saturated carbocycles. The number of nitrogens with zero attached hydrogens (tertiary/aromatic N) is 7. The lowest BCUT2D eigenvalue weighted by molar-refractivity contribution is 0.266. The summed E-state index contributed by atoms with van der Waals surface area (Å²) in [5.74, 6) is 0.491. The lowest BCUT2D eigenvalue weighted by Crippen LogP contribution is -2.48. The van der Waals surface area contributed by atoms with E-state index in [-0.39, 0.29) is 0 Å². The van der Waals surface area contributed by atoms with Gasteiger partial charge in [0.1, 0.15) is 11.6 Å². The first-order valence-corrected chi connectivity index (χ1v) is 11.0. The summed E-state index contributed by atoms with van der Waals surface area (Å²) in [7, 11) is 0. The van der Waals surface area contributed by atoms with Crippen molar-refractivity contribution in [2.45, 2.75) is 0 Å². The number of nitrogens with one attached hydrogen (secondary N) is 2. The van der Waals surface area contributed by atoms with Crippen molar-refractivity contribution in [1.29, 1.82) is 0 Å². The molecule has 0 aliphatic carbocycles. The Kier molecular flexibility index (Phi) is 5.06. The lowest BCUT2D eigenvalue weighted by atomic mass is 10.2. The average molecular weight is 465 g/mol. The Balaban J connectivity index is 1.13. The summed E-state index contributed by atoms with van der Waals surface area (Å²) in [5, 5.41) is 15.7. The smallest absolute Gasteiger partial charge is 0.228 e. The molecule has 5 aromatic rings. The van der Waals surface area contributed by atoms with Gasteiger partial charge >= 0.3 is 0 Å². The first kappa shape index (κ1) is 20.5. The molecule has 5 heterocycles. The molecule has 174 valence electrons. The van der Waals surface area contributed by atoms with Crippen LogP contribution < -0.4 is 10.2 Å². The lowest BCUT2D eigenvalue weighted by Gasteiger charge is -2.36. The molecular weight excluding hydrogens is 444 g/mol. The highest BCUT2D eigenvalue weighted by Crippen LogP contribution is 2.24. The maximum atomic E-state index is 14.1. The summed E-state index contributed by atoms with van der Waals surface area (Å²) in [6.45, 7) is 4.27. The van der Waals surface area contributed by atoms with Crippen LogP contribution in [0.25, 0.3) is 28.3 Å². The van der Waals surface area contributed by atoms with Crippen LogP contribution in [0.4, 0.5) is 20.4 Å². The SMILES string of the molecule is Fc1ccc(N2CCN(CCNc3nc4[nH]ncc4c4nc(-c5ccco5)nn34)CC2)c(F)c1. The van der Waals surface area contributed by atoms with Crippen LogP contribution in [0.5, 0.6) is 0 Å². The molecule has 0 bridgehead atoms. The van der Waals surface area contributed by atoms with Gasteiger partial charge in [-0.25, -0.2) is 13.8 Å². The number of anilines is 2. The molecule has 2 N–H and O–H groups in total. The Morgan fingerprint density at radius 3 is 2.76 bits per heavy atom. The van der Waals surface area contributed by atoms with Crippen LogP contribution in [0, 0.1) is 11.6 Å². The minimum absolute atomic E-state index is 0.442. The standard InChI is InChI=1S/C22H21F2N9O/c23-14-3-4-17(16(24)12-14)32-9-7-31(8-10-32)6-5-25-22-28-19-15(13-26-29-19)21-27-20(30-33(21)22)18-2-1-11-34-18/h1-4,11-13H,5-10H2,(H2,25,26,28,29). The van der Waals surface area contributed by atoms with E-state index < -0.39 is 11.6 Å². The van der Waals surface area contributed by atoms with Gasteiger partial charge < -0.3 is 14.6 Å². The van der Waals surface area contributed by atoms with Crippen molar-refractivity contribution in [3.8, 4) is 11.6 Å². The number of hydrogen-bond acceptors (Lipinski definition) is 8. The second kappa shape index (κ2) is 8.37. The number of fused-ring (bicyclic) bond motifs is 3. The van der Waals surface area contributed by atoms with Crippen molar-refractivity contribution in [1.82, 2.24) is 34.7 Å². The van der Waals surface area contributed by atoms with Crippen molar-refractivity contribution in [2.75, 3.05) is 49.5 Å². The number of aromatic nitrogens is 6. The molecule has 1 aromatic carbocycles. The van der Waals surface area contributed by atoms with Gasteiger partial charge in [0, 0.05) is 45.3 Å². The molecule has 12 heteroatoms. The Bertz CT molecular complexity index is 1440. The van der Waals surface area contributed by atoms with Crippen LogP contribution in [-0.2, 0) is 0 Å². The van der Waals surface area contributed by atoms with Gasteiger partial charge in [-0.1, -0.05) is 0 Å². The number of benzene rings is 1. The quantitative estimate of drug-likeness (QED) is 0.395. The van der Waals surface area contributed by atoms with Gasteiger partial charge in [0.2, 0.25) is 11.8 Å². The highest BCUT2D eigenvalue weighted by molar-refractivity contribution is 5.90. The van der Waals surface area contributed by atoms with Crippen LogP contribution in [-0.4, -0.2) is 73.9 Å². The monoisotopic (exact) mass is 465 g/mol. The third kappa shape index (κ3) is 3.71. The van der Waals surface area contributed by atoms with E-state index in [4.69, 9.17) is 4.42 Å². The first-order valence-electron chi connectivity index (χ1n) is 11.0. The molecule has 1 aliphatic rings. The summed E-state index contributed by atoms with van der Waals surface area (Å²) in [4.78, 5) is 13.5. The number of rotatable bonds is 6. The molecule has 1 saturated heterocycles. The fourth-order valence-electron chi connectivity index (χ4n) is 4.22. The van der Waals surface area contributed by atoms with E-state index in [9.17, 15) is 8.78 Å². The van der Waals surface area contributed by atoms with E-state index in [2.05, 4.69) is 35.5 Å². The van der Waals surface area contributed by atoms with Gasteiger partial charge in [0.05, 0.1) is 23.5 Å². The second-order valence-corrected chi connectivity index (χ2v) is 8.07. The molecule has 1 fully saturated rings. The summed E-state index contributed by atoms with van der Waals surface area (Å²) in [5.41, 5.74) is 1.68. The molecule has 0 atom stereocenters. The molecule has 4 aromatic heterocycles. The molecule has 0 unspecified atom stereocenters. The zero-order chi connectivity index (χ0) is 23.1. The highest BCUT2D eigenvalue weighted by atomic mass is 19.1. The number of aromatic amines is 1. The summed E-state index contributed by atoms with van der Waals surface area (Å²) >= 11 is 0. The molecule has 1 aliphatic heterocycles. The number of furan rings is 1. The third-order valence-electron chi connectivity index (χ3n) is 5.96. The minimum atomic E-state index is -0.564. The molecule has 10 nitrogen and oxygen atoms in total. The van der Waals surface area contributed by atoms with E-state index in [1.165, 1.54) is 12.1 Å². The number of H-pyrrole nitrogens is 1. The molecule has 6 rings (SSSR count). The maximum absolute atomic E-state index is 14.1. The number of halogens is 2. The van der Waals surface area contributed by atoms with E-state index in [0.29, 0.717) is 54.1 Å². The van der Waals surface area contributed by atoms with Crippen LogP contribution in [0.2, 0.25) is 0 Å². The van der Waals surface area contributed by atoms with Crippen LogP contribution in [0.3, 0.4) is 0 Å². The van der Waals surface area contributed by atoms with Gasteiger partial charge in [0.25, 0.3) is 0 Å². The minimum Gasteiger partial charge on any atom is -0.461 e. The van der Waals surface area contributed by atoms with Gasteiger partial charge in [0.15, 0.2) is 17.1 Å². The fourth-order valence-corrected chi connectivity index (χ4v) is 4.22. The Morgan fingerprint density at radius 2 is 1.97 bits per heavy atom. The summed E-state index contributed by atoms with van der Waals surface area (Å²) in [6, 6.07) is 7.31. The van der Waals surface area contributed by atoms with Crippen LogP contribution in [0.1, 0.15) is 0 Å². The highest BCUT2D eigenvalue weighted by Gasteiger charge is 2.20. The van der Waals surface area contributed by atoms with E-state index >= 15 is 0 Å². The van der Waals surface area contributed by atoms with Crippen molar-refractivity contribution in [3.05, 3.63) is 54.4 Å². The zero-order valence-corrected chi connectivity index (χ0v) is 18.1. The molecule has 0 spiro atoms. The van der Waals surface area contributed by atoms with Crippen LogP contribution >= 0.6 is 0 Å². The normalized spacial score (nSPS) is 14.9. The van der Waals surface area contributed by atoms with Crippen molar-refractivity contribution >= 4 is 28.3 Å². The number of piperazine rings is 1. The van der Waals surface area contributed by atoms with E-state index in [1.54, 1.807) is 29.1 Å². The van der Waals surface area contributed by atoms with E-state index in [1.807, 2.05) is 4.90 Å². The third-order valence-corrected chi connectivity index (χ3v) is 5.96. The summed E-state index contributed by atoms with van der Waals surface area (Å²) in [6.07, 6.45) is 3.25. The Morgan fingerprint density at radius 1 is 1.09 bits per heavy atom. The zero-order valence-electron chi connectivity index (χ0n) is 18.1. The predicted molar refractivity (Wildman–Crippen MR) is 122 cm³/mol. The van der Waals surface area contributed by atoms with Crippen molar-refractivity contribution < 1.29 is 13.2 Å². The van der Waals surface area contributed by atoms with Crippen molar-refractivity contribution in [2.24, 2.45) is 0 Å². The van der Waals surface area contributed by atoms with Gasteiger partial charge in [-0.05, 0) is 24.3 Å². The predicted octanol–water partition coefficient (Wildman–Crippen LogP) is 2.77.